The quantitative estimate of drug-likeness (QED) is 0.646. The van der Waals surface area contributed by atoms with Crippen LogP contribution in [0.5, 0.6) is 0 Å². The second-order valence-corrected chi connectivity index (χ2v) is 5.49. The van der Waals surface area contributed by atoms with Gasteiger partial charge in [-0.2, -0.15) is 0 Å². The molecule has 2 aliphatic heterocycles. The molecule has 0 spiro atoms. The number of hydrogen-bond donors (Lipinski definition) is 1. The summed E-state index contributed by atoms with van der Waals surface area (Å²) in [5, 5.41) is 0. The number of fused-ring (bicyclic) bond motifs is 1. The molecule has 2 fully saturated rings. The number of anilines is 2. The number of nitrogen functional groups attached to an aromatic ring is 1. The second-order valence-electron chi connectivity index (χ2n) is 5.49. The summed E-state index contributed by atoms with van der Waals surface area (Å²) in [6, 6.07) is 5.70. The highest BCUT2D eigenvalue weighted by Crippen LogP contribution is 2.28. The number of rotatable bonds is 2. The number of piperazine rings is 1. The molecule has 2 saturated heterocycles. The Labute approximate surface area is 123 Å². The summed E-state index contributed by atoms with van der Waals surface area (Å²) in [5.74, 6) is -0.170. The second kappa shape index (κ2) is 5.27. The van der Waals surface area contributed by atoms with Crippen LogP contribution in [0.1, 0.15) is 23.2 Å². The fourth-order valence-corrected chi connectivity index (χ4v) is 3.13. The van der Waals surface area contributed by atoms with Crippen molar-refractivity contribution in [3.05, 3.63) is 23.8 Å². The van der Waals surface area contributed by atoms with Gasteiger partial charge in [-0.25, -0.2) is 4.79 Å². The summed E-state index contributed by atoms with van der Waals surface area (Å²) in [4.78, 5) is 27.6. The number of benzene rings is 1. The topological polar surface area (TPSA) is 75.9 Å². The normalized spacial score (nSPS) is 21.4. The molecule has 0 saturated carbocycles. The lowest BCUT2D eigenvalue weighted by atomic mass is 10.1. The van der Waals surface area contributed by atoms with Gasteiger partial charge in [-0.05, 0) is 24.6 Å². The highest BCUT2D eigenvalue weighted by atomic mass is 16.5. The zero-order valence-electron chi connectivity index (χ0n) is 12.0. The van der Waals surface area contributed by atoms with Crippen LogP contribution in [0.15, 0.2) is 18.2 Å². The predicted molar refractivity (Wildman–Crippen MR) is 79.1 cm³/mol. The van der Waals surface area contributed by atoms with Crippen molar-refractivity contribution in [2.24, 2.45) is 0 Å². The molecule has 6 heteroatoms. The molecule has 1 unspecified atom stereocenters. The molecule has 2 heterocycles. The van der Waals surface area contributed by atoms with Crippen LogP contribution in [0.3, 0.4) is 0 Å². The van der Waals surface area contributed by atoms with Crippen molar-refractivity contribution in [3.63, 3.8) is 0 Å². The molecule has 1 amide bonds. The van der Waals surface area contributed by atoms with Crippen molar-refractivity contribution in [1.82, 2.24) is 4.90 Å². The molecule has 112 valence electrons. The molecule has 1 atom stereocenters. The number of nitrogens with zero attached hydrogens (tertiary/aromatic N) is 2. The first-order chi connectivity index (χ1) is 10.1. The first kappa shape index (κ1) is 13.7. The van der Waals surface area contributed by atoms with Gasteiger partial charge in [0, 0.05) is 43.5 Å². The van der Waals surface area contributed by atoms with Gasteiger partial charge in [-0.3, -0.25) is 4.79 Å². The number of amides is 1. The molecule has 0 aliphatic carbocycles. The van der Waals surface area contributed by atoms with Crippen LogP contribution in [-0.2, 0) is 9.53 Å². The third-order valence-electron chi connectivity index (χ3n) is 4.30. The van der Waals surface area contributed by atoms with Crippen molar-refractivity contribution in [2.75, 3.05) is 37.4 Å². The van der Waals surface area contributed by atoms with Crippen LogP contribution in [0.4, 0.5) is 11.4 Å². The maximum atomic E-state index is 11.7. The van der Waals surface area contributed by atoms with Crippen molar-refractivity contribution in [2.45, 2.75) is 18.9 Å². The molecule has 1 aromatic rings. The van der Waals surface area contributed by atoms with E-state index in [1.807, 2.05) is 11.0 Å². The maximum absolute atomic E-state index is 11.7. The number of esters is 1. The van der Waals surface area contributed by atoms with Crippen LogP contribution in [-0.4, -0.2) is 49.6 Å². The largest absolute Gasteiger partial charge is 0.465 e. The summed E-state index contributed by atoms with van der Waals surface area (Å²) >= 11 is 0. The number of carbonyl (C=O) groups is 2. The minimum Gasteiger partial charge on any atom is -0.465 e. The maximum Gasteiger partial charge on any atom is 0.340 e. The van der Waals surface area contributed by atoms with Crippen molar-refractivity contribution in [1.29, 1.82) is 0 Å². The van der Waals surface area contributed by atoms with E-state index in [2.05, 4.69) is 4.90 Å². The number of carbonyl (C=O) groups excluding carboxylic acids is 2. The van der Waals surface area contributed by atoms with Gasteiger partial charge in [0.1, 0.15) is 0 Å². The molecule has 2 aliphatic rings. The average Bonchev–Trinajstić information content (AvgIpc) is 2.88. The van der Waals surface area contributed by atoms with Crippen molar-refractivity contribution >= 4 is 23.3 Å². The molecule has 0 radical (unpaired) electrons. The molecule has 2 N–H and O–H groups in total. The minimum absolute atomic E-state index is 0.257. The van der Waals surface area contributed by atoms with E-state index in [-0.39, 0.29) is 11.9 Å². The molecule has 6 nitrogen and oxygen atoms in total. The Bertz CT molecular complexity index is 588. The van der Waals surface area contributed by atoms with E-state index in [4.69, 9.17) is 10.5 Å². The lowest BCUT2D eigenvalue weighted by Crippen LogP contribution is -2.51. The van der Waals surface area contributed by atoms with E-state index in [0.29, 0.717) is 17.7 Å². The van der Waals surface area contributed by atoms with E-state index in [1.165, 1.54) is 7.11 Å². The predicted octanol–water partition coefficient (Wildman–Crippen LogP) is 0.866. The van der Waals surface area contributed by atoms with E-state index in [1.54, 1.807) is 12.1 Å². The zero-order valence-corrected chi connectivity index (χ0v) is 12.0. The molecular formula is C15H19N3O3. The number of ether oxygens (including phenoxy) is 1. The van der Waals surface area contributed by atoms with E-state index in [9.17, 15) is 9.59 Å². The van der Waals surface area contributed by atoms with Gasteiger partial charge >= 0.3 is 5.97 Å². The van der Waals surface area contributed by atoms with E-state index < -0.39 is 5.97 Å². The van der Waals surface area contributed by atoms with Gasteiger partial charge in [-0.15, -0.1) is 0 Å². The van der Waals surface area contributed by atoms with Crippen LogP contribution < -0.4 is 10.6 Å². The van der Waals surface area contributed by atoms with Crippen LogP contribution >= 0.6 is 0 Å². The Balaban J connectivity index is 1.81. The summed E-state index contributed by atoms with van der Waals surface area (Å²) in [6.45, 7) is 2.31. The summed E-state index contributed by atoms with van der Waals surface area (Å²) in [6.07, 6.45) is 1.56. The lowest BCUT2D eigenvalue weighted by molar-refractivity contribution is -0.129. The van der Waals surface area contributed by atoms with E-state index in [0.717, 1.165) is 31.7 Å². The van der Waals surface area contributed by atoms with Crippen molar-refractivity contribution < 1.29 is 14.3 Å². The summed E-state index contributed by atoms with van der Waals surface area (Å²) < 4.78 is 4.75. The smallest absolute Gasteiger partial charge is 0.340 e. The summed E-state index contributed by atoms with van der Waals surface area (Å²) in [7, 11) is 1.34. The Hall–Kier alpha value is -2.24. The number of nitrogens with two attached hydrogens (primary N) is 1. The average molecular weight is 289 g/mol. The van der Waals surface area contributed by atoms with Gasteiger partial charge in [0.05, 0.1) is 12.7 Å². The van der Waals surface area contributed by atoms with Crippen LogP contribution in [0, 0.1) is 0 Å². The fraction of sp³-hybridized carbons (Fsp3) is 0.467. The van der Waals surface area contributed by atoms with E-state index >= 15 is 0 Å². The van der Waals surface area contributed by atoms with Gasteiger partial charge in [0.2, 0.25) is 5.91 Å². The molecule has 1 aromatic carbocycles. The summed E-state index contributed by atoms with van der Waals surface area (Å²) in [5.41, 5.74) is 7.58. The zero-order chi connectivity index (χ0) is 15.0. The molecule has 0 bridgehead atoms. The number of hydrogen-bond acceptors (Lipinski definition) is 5. The van der Waals surface area contributed by atoms with Gasteiger partial charge in [0.25, 0.3) is 0 Å². The minimum atomic E-state index is -0.427. The third kappa shape index (κ3) is 2.41. The molecule has 3 rings (SSSR count). The first-order valence-corrected chi connectivity index (χ1v) is 7.12. The Kier molecular flexibility index (Phi) is 3.45. The fourth-order valence-electron chi connectivity index (χ4n) is 3.13. The highest BCUT2D eigenvalue weighted by Gasteiger charge is 2.35. The third-order valence-corrected chi connectivity index (χ3v) is 4.30. The van der Waals surface area contributed by atoms with Gasteiger partial charge in [0.15, 0.2) is 0 Å². The first-order valence-electron chi connectivity index (χ1n) is 7.12. The molecule has 0 aromatic heterocycles. The van der Waals surface area contributed by atoms with Gasteiger partial charge < -0.3 is 20.3 Å². The van der Waals surface area contributed by atoms with Crippen LogP contribution in [0.2, 0.25) is 0 Å². The highest BCUT2D eigenvalue weighted by molar-refractivity contribution is 5.96. The molecular weight excluding hydrogens is 270 g/mol. The molecule has 21 heavy (non-hydrogen) atoms. The lowest BCUT2D eigenvalue weighted by Gasteiger charge is -2.39. The number of methoxy groups -OCH3 is 1. The SMILES string of the molecule is COC(=O)c1cc(N2CCN3C(=O)CCC3C2)ccc1N. The Morgan fingerprint density at radius 2 is 2.19 bits per heavy atom. The van der Waals surface area contributed by atoms with Crippen LogP contribution in [0.25, 0.3) is 0 Å². The Morgan fingerprint density at radius 3 is 2.95 bits per heavy atom. The van der Waals surface area contributed by atoms with Gasteiger partial charge in [-0.1, -0.05) is 0 Å². The monoisotopic (exact) mass is 289 g/mol. The Morgan fingerprint density at radius 1 is 1.38 bits per heavy atom. The standard InChI is InChI=1S/C15H19N3O3/c1-21-15(20)12-8-10(2-4-13(12)16)17-6-7-18-11(9-17)3-5-14(18)19/h2,4,8,11H,3,5-7,9,16H2,1H3. The van der Waals surface area contributed by atoms with Crippen molar-refractivity contribution in [3.8, 4) is 0 Å².